The highest BCUT2D eigenvalue weighted by Crippen LogP contribution is 2.27. The number of carbonyl (C=O) groups excluding carboxylic acids is 1. The maximum absolute atomic E-state index is 11.5. The summed E-state index contributed by atoms with van der Waals surface area (Å²) in [7, 11) is -0.937. The summed E-state index contributed by atoms with van der Waals surface area (Å²) in [6.45, 7) is 0. The van der Waals surface area contributed by atoms with Crippen molar-refractivity contribution < 1.29 is 13.7 Å². The summed E-state index contributed by atoms with van der Waals surface area (Å²) < 4.78 is 20.0. The average molecular weight is 288 g/mol. The van der Waals surface area contributed by atoms with Crippen LogP contribution >= 0.6 is 11.6 Å². The quantitative estimate of drug-likeness (QED) is 0.634. The second-order valence-corrected chi connectivity index (χ2v) is 6.79. The van der Waals surface area contributed by atoms with Crippen LogP contribution in [0.1, 0.15) is 5.56 Å². The van der Waals surface area contributed by atoms with Crippen molar-refractivity contribution in [3.8, 4) is 0 Å². The first-order valence-electron chi connectivity index (χ1n) is 5.04. The van der Waals surface area contributed by atoms with Crippen LogP contribution in [-0.4, -0.2) is 29.8 Å². The van der Waals surface area contributed by atoms with Crippen LogP contribution < -0.4 is 0 Å². The van der Waals surface area contributed by atoms with Gasteiger partial charge in [-0.05, 0) is 23.8 Å². The Morgan fingerprint density at radius 1 is 1.44 bits per heavy atom. The highest BCUT2D eigenvalue weighted by atomic mass is 35.5. The Kier molecular flexibility index (Phi) is 4.93. The number of esters is 1. The average Bonchev–Trinajstić information content (AvgIpc) is 2.27. The van der Waals surface area contributed by atoms with Crippen LogP contribution in [0.2, 0.25) is 5.02 Å². The molecular formula is C12H14ClNO3S. The molecule has 0 aliphatic carbocycles. The fraction of sp³-hybridized carbons (Fsp3) is 0.250. The topological polar surface area (TPSA) is 55.7 Å². The Morgan fingerprint density at radius 2 is 2.11 bits per heavy atom. The molecule has 0 unspecified atom stereocenters. The molecule has 0 heterocycles. The molecule has 0 aliphatic heterocycles. The zero-order valence-electron chi connectivity index (χ0n) is 10.3. The van der Waals surface area contributed by atoms with E-state index in [0.29, 0.717) is 10.7 Å². The van der Waals surface area contributed by atoms with Crippen LogP contribution in [0, 0.1) is 0 Å². The van der Waals surface area contributed by atoms with E-state index >= 15 is 0 Å². The highest BCUT2D eigenvalue weighted by Gasteiger charge is 2.02. The van der Waals surface area contributed by atoms with Crippen LogP contribution in [0.3, 0.4) is 0 Å². The number of halogens is 1. The Hall–Kier alpha value is -1.33. The first-order valence-corrected chi connectivity index (χ1v) is 7.75. The molecule has 6 heteroatoms. The van der Waals surface area contributed by atoms with Gasteiger partial charge in [-0.2, -0.15) is 4.36 Å². The molecule has 0 spiro atoms. The molecule has 0 atom stereocenters. The van der Waals surface area contributed by atoms with Crippen LogP contribution in [0.15, 0.2) is 28.6 Å². The lowest BCUT2D eigenvalue weighted by molar-refractivity contribution is -0.134. The third-order valence-corrected chi connectivity index (χ3v) is 2.84. The maximum atomic E-state index is 11.5. The molecule has 0 bridgehead atoms. The van der Waals surface area contributed by atoms with Gasteiger partial charge in [0.15, 0.2) is 0 Å². The van der Waals surface area contributed by atoms with Crippen molar-refractivity contribution in [2.24, 2.45) is 4.36 Å². The predicted octanol–water partition coefficient (Wildman–Crippen LogP) is 2.89. The molecule has 1 aromatic carbocycles. The summed E-state index contributed by atoms with van der Waals surface area (Å²) >= 11 is 6.02. The molecule has 0 radical (unpaired) electrons. The molecule has 0 aliphatic rings. The molecule has 4 nitrogen and oxygen atoms in total. The van der Waals surface area contributed by atoms with Gasteiger partial charge in [0.1, 0.15) is 0 Å². The minimum atomic E-state index is -2.24. The monoisotopic (exact) mass is 287 g/mol. The second kappa shape index (κ2) is 6.02. The van der Waals surface area contributed by atoms with Gasteiger partial charge >= 0.3 is 5.97 Å². The fourth-order valence-electron chi connectivity index (χ4n) is 1.17. The number of ether oxygens (including phenoxy) is 1. The lowest BCUT2D eigenvalue weighted by Crippen LogP contribution is -1.93. The summed E-state index contributed by atoms with van der Waals surface area (Å²) in [5, 5.41) is 0.387. The van der Waals surface area contributed by atoms with Crippen molar-refractivity contribution in [1.82, 2.24) is 0 Å². The van der Waals surface area contributed by atoms with E-state index in [1.807, 2.05) is 0 Å². The zero-order valence-corrected chi connectivity index (χ0v) is 11.9. The zero-order chi connectivity index (χ0) is 13.8. The van der Waals surface area contributed by atoms with Crippen molar-refractivity contribution in [2.75, 3.05) is 19.6 Å². The van der Waals surface area contributed by atoms with E-state index in [1.54, 1.807) is 24.3 Å². The minimum absolute atomic E-state index is 0.387. The number of rotatable bonds is 3. The number of carbonyl (C=O) groups is 1. The normalized spacial score (nSPS) is 11.6. The molecule has 0 fully saturated rings. The van der Waals surface area contributed by atoms with E-state index < -0.39 is 15.7 Å². The Bertz CT molecular complexity index is 593. The van der Waals surface area contributed by atoms with E-state index in [4.69, 9.17) is 11.6 Å². The molecule has 0 saturated heterocycles. The first kappa shape index (κ1) is 14.7. The summed E-state index contributed by atoms with van der Waals surface area (Å²) in [5.74, 6) is -0.440. The van der Waals surface area contributed by atoms with Gasteiger partial charge < -0.3 is 4.74 Å². The van der Waals surface area contributed by atoms with Crippen LogP contribution in [0.4, 0.5) is 5.69 Å². The number of methoxy groups -OCH3 is 1. The van der Waals surface area contributed by atoms with Gasteiger partial charge in [-0.3, -0.25) is 0 Å². The third-order valence-electron chi connectivity index (χ3n) is 1.90. The second-order valence-electron chi connectivity index (χ2n) is 3.84. The summed E-state index contributed by atoms with van der Waals surface area (Å²) in [5.41, 5.74) is 1.21. The smallest absolute Gasteiger partial charge is 0.330 e. The first-order chi connectivity index (χ1) is 8.31. The fourth-order valence-corrected chi connectivity index (χ4v) is 2.08. The third kappa shape index (κ3) is 4.89. The van der Waals surface area contributed by atoms with E-state index in [0.717, 1.165) is 5.56 Å². The maximum Gasteiger partial charge on any atom is 0.330 e. The van der Waals surface area contributed by atoms with Crippen molar-refractivity contribution >= 4 is 39.1 Å². The van der Waals surface area contributed by atoms with E-state index in [2.05, 4.69) is 9.10 Å². The van der Waals surface area contributed by atoms with Crippen molar-refractivity contribution in [3.05, 3.63) is 34.9 Å². The van der Waals surface area contributed by atoms with Crippen molar-refractivity contribution in [2.45, 2.75) is 0 Å². The number of hydrogen-bond acceptors (Lipinski definition) is 4. The summed E-state index contributed by atoms with van der Waals surface area (Å²) in [4.78, 5) is 10.9. The number of nitrogens with zero attached hydrogens (tertiary/aromatic N) is 1. The minimum Gasteiger partial charge on any atom is -0.466 e. The van der Waals surface area contributed by atoms with Gasteiger partial charge in [0.25, 0.3) is 0 Å². The Morgan fingerprint density at radius 3 is 2.61 bits per heavy atom. The molecule has 18 heavy (non-hydrogen) atoms. The lowest BCUT2D eigenvalue weighted by atomic mass is 10.2. The largest absolute Gasteiger partial charge is 0.466 e. The molecule has 0 N–H and O–H groups in total. The molecule has 98 valence electrons. The van der Waals surface area contributed by atoms with Crippen LogP contribution in [0.5, 0.6) is 0 Å². The molecule has 1 aromatic rings. The predicted molar refractivity (Wildman–Crippen MR) is 74.6 cm³/mol. The Labute approximate surface area is 112 Å². The van der Waals surface area contributed by atoms with Crippen LogP contribution in [-0.2, 0) is 19.3 Å². The molecule has 0 aromatic heterocycles. The van der Waals surface area contributed by atoms with E-state index in [9.17, 15) is 9.00 Å². The molecule has 0 amide bonds. The van der Waals surface area contributed by atoms with Gasteiger partial charge in [-0.1, -0.05) is 17.7 Å². The SMILES string of the molecule is COC(=O)/C=C/c1ccc(N=S(C)(C)=O)c(Cl)c1. The molecular weight excluding hydrogens is 274 g/mol. The number of benzene rings is 1. The highest BCUT2D eigenvalue weighted by molar-refractivity contribution is 7.92. The van der Waals surface area contributed by atoms with Gasteiger partial charge in [0, 0.05) is 28.3 Å². The Balaban J connectivity index is 3.04. The van der Waals surface area contributed by atoms with Crippen LogP contribution in [0.25, 0.3) is 6.08 Å². The standard InChI is InChI=1S/C12H14ClNO3S/c1-17-12(15)7-5-9-4-6-11(10(13)8-9)14-18(2,3)16/h4-8H,1-3H3/b7-5+. The summed E-state index contributed by atoms with van der Waals surface area (Å²) in [6, 6.07) is 5.03. The van der Waals surface area contributed by atoms with Gasteiger partial charge in [0.2, 0.25) is 0 Å². The molecule has 0 saturated carbocycles. The number of hydrogen-bond donors (Lipinski definition) is 0. The molecule has 1 rings (SSSR count). The van der Waals surface area contributed by atoms with E-state index in [-0.39, 0.29) is 0 Å². The van der Waals surface area contributed by atoms with Gasteiger partial charge in [0.05, 0.1) is 17.8 Å². The van der Waals surface area contributed by atoms with Crippen molar-refractivity contribution in [3.63, 3.8) is 0 Å². The van der Waals surface area contributed by atoms with E-state index in [1.165, 1.54) is 25.7 Å². The van der Waals surface area contributed by atoms with Crippen molar-refractivity contribution in [1.29, 1.82) is 0 Å². The van der Waals surface area contributed by atoms with Gasteiger partial charge in [-0.15, -0.1) is 0 Å². The summed E-state index contributed by atoms with van der Waals surface area (Å²) in [6.07, 6.45) is 5.95. The lowest BCUT2D eigenvalue weighted by Gasteiger charge is -2.01. The van der Waals surface area contributed by atoms with Gasteiger partial charge in [-0.25, -0.2) is 9.00 Å².